The summed E-state index contributed by atoms with van der Waals surface area (Å²) < 4.78 is 4.14. The highest BCUT2D eigenvalue weighted by Gasteiger charge is 2.53. The van der Waals surface area contributed by atoms with Crippen molar-refractivity contribution in [3.05, 3.63) is 63.6 Å². The lowest BCUT2D eigenvalue weighted by atomic mass is 9.88. The third kappa shape index (κ3) is 5.24. The number of aryl methyl sites for hydroxylation is 1. The Kier molecular flexibility index (Phi) is 7.83. The van der Waals surface area contributed by atoms with Crippen LogP contribution in [0.25, 0.3) is 6.08 Å². The van der Waals surface area contributed by atoms with Gasteiger partial charge < -0.3 is 4.84 Å². The van der Waals surface area contributed by atoms with E-state index in [1.807, 2.05) is 36.4 Å². The van der Waals surface area contributed by atoms with E-state index in [0.29, 0.717) is 22.3 Å². The largest absolute Gasteiger partial charge is 0.398 e. The van der Waals surface area contributed by atoms with Gasteiger partial charge in [0.2, 0.25) is 5.91 Å². The zero-order chi connectivity index (χ0) is 25.1. The van der Waals surface area contributed by atoms with E-state index >= 15 is 0 Å². The molecule has 3 heterocycles. The predicted molar refractivity (Wildman–Crippen MR) is 137 cm³/mol. The molecule has 0 unspecified atom stereocenters. The van der Waals surface area contributed by atoms with Crippen molar-refractivity contribution < 1.29 is 19.2 Å². The SMILES string of the molecule is CO/N=C(\C(=O)C[C@@H]1C(=O)N2C(C(C)=O)=C(C=Cc3ccc(CCl)cc3)CS[C@H]12)c1nsc(C)n1. The van der Waals surface area contributed by atoms with Gasteiger partial charge in [0.05, 0.1) is 17.0 Å². The second-order valence-electron chi connectivity index (χ2n) is 8.04. The van der Waals surface area contributed by atoms with Gasteiger partial charge in [0.25, 0.3) is 0 Å². The van der Waals surface area contributed by atoms with Gasteiger partial charge in [0, 0.05) is 25.0 Å². The summed E-state index contributed by atoms with van der Waals surface area (Å²) in [6.45, 7) is 3.23. The molecule has 1 aromatic heterocycles. The number of ketones is 2. The number of nitrogens with zero attached hydrogens (tertiary/aromatic N) is 4. The van der Waals surface area contributed by atoms with Crippen molar-refractivity contribution in [1.29, 1.82) is 0 Å². The highest BCUT2D eigenvalue weighted by atomic mass is 35.5. The van der Waals surface area contributed by atoms with Gasteiger partial charge in [-0.15, -0.1) is 23.4 Å². The number of oxime groups is 1. The van der Waals surface area contributed by atoms with Crippen LogP contribution in [0.1, 0.15) is 35.3 Å². The third-order valence-electron chi connectivity index (χ3n) is 5.64. The maximum absolute atomic E-state index is 13.1. The number of halogens is 1. The topological polar surface area (TPSA) is 102 Å². The number of hydrogen-bond donors (Lipinski definition) is 0. The van der Waals surface area contributed by atoms with Crippen LogP contribution in [-0.2, 0) is 25.1 Å². The third-order valence-corrected chi connectivity index (χ3v) is 7.93. The number of alkyl halides is 1. The molecule has 2 aliphatic heterocycles. The zero-order valence-electron chi connectivity index (χ0n) is 19.4. The fourth-order valence-corrected chi connectivity index (χ4v) is 6.01. The second-order valence-corrected chi connectivity index (χ2v) is 10.4. The Morgan fingerprint density at radius 3 is 2.63 bits per heavy atom. The second kappa shape index (κ2) is 10.8. The Morgan fingerprint density at radius 2 is 2.03 bits per heavy atom. The van der Waals surface area contributed by atoms with Crippen LogP contribution in [0.15, 0.2) is 46.8 Å². The molecule has 1 fully saturated rings. The smallest absolute Gasteiger partial charge is 0.234 e. The van der Waals surface area contributed by atoms with E-state index in [9.17, 15) is 14.4 Å². The maximum atomic E-state index is 13.1. The first kappa shape index (κ1) is 25.3. The predicted octanol–water partition coefficient (Wildman–Crippen LogP) is 3.98. The zero-order valence-corrected chi connectivity index (χ0v) is 21.7. The normalized spacial score (nSPS) is 20.2. The number of thioether (sulfide) groups is 1. The minimum absolute atomic E-state index is 0.00458. The van der Waals surface area contributed by atoms with E-state index in [0.717, 1.165) is 28.2 Å². The van der Waals surface area contributed by atoms with Crippen molar-refractivity contribution in [2.45, 2.75) is 31.5 Å². The molecular weight excluding hydrogens is 508 g/mol. The van der Waals surface area contributed by atoms with Gasteiger partial charge in [0.1, 0.15) is 12.1 Å². The van der Waals surface area contributed by atoms with E-state index < -0.39 is 5.92 Å². The molecule has 1 amide bonds. The molecule has 0 aliphatic carbocycles. The van der Waals surface area contributed by atoms with Crippen molar-refractivity contribution in [1.82, 2.24) is 14.3 Å². The molecule has 0 N–H and O–H groups in total. The van der Waals surface area contributed by atoms with Crippen molar-refractivity contribution in [2.24, 2.45) is 11.1 Å². The standard InChI is InChI=1S/C24H23ClN4O4S2/c1-13(30)21-17(9-8-15-4-6-16(11-25)7-5-15)12-34-24-18(23(32)29(21)24)10-19(31)20(27-33-3)22-26-14(2)35-28-22/h4-9,18,24H,10-12H2,1-3H3/b9-8?,27-20+/t18-,24-/m1/s1. The number of carbonyl (C=O) groups is 3. The fourth-order valence-electron chi connectivity index (χ4n) is 3.98. The van der Waals surface area contributed by atoms with Crippen LogP contribution in [0.3, 0.4) is 0 Å². The van der Waals surface area contributed by atoms with Crippen LogP contribution in [-0.4, -0.2) is 55.7 Å². The number of Topliss-reactive ketones (excluding diaryl/α,β-unsaturated/α-hetero) is 2. The van der Waals surface area contributed by atoms with Crippen molar-refractivity contribution >= 4 is 64.2 Å². The molecule has 1 saturated heterocycles. The Hall–Kier alpha value is -2.82. The van der Waals surface area contributed by atoms with Gasteiger partial charge in [-0.2, -0.15) is 4.37 Å². The molecule has 1 aromatic carbocycles. The number of carbonyl (C=O) groups excluding carboxylic acids is 3. The molecular formula is C24H23ClN4O4S2. The molecule has 11 heteroatoms. The number of allylic oxidation sites excluding steroid dienone is 2. The highest BCUT2D eigenvalue weighted by molar-refractivity contribution is 8.00. The summed E-state index contributed by atoms with van der Waals surface area (Å²) in [7, 11) is 1.34. The lowest BCUT2D eigenvalue weighted by Gasteiger charge is -2.49. The Morgan fingerprint density at radius 1 is 1.29 bits per heavy atom. The van der Waals surface area contributed by atoms with Gasteiger partial charge in [-0.05, 0) is 35.2 Å². The molecule has 2 aliphatic rings. The number of benzene rings is 1. The van der Waals surface area contributed by atoms with Crippen molar-refractivity contribution in [3.8, 4) is 0 Å². The lowest BCUT2D eigenvalue weighted by molar-refractivity contribution is -0.150. The molecule has 0 bridgehead atoms. The average Bonchev–Trinajstić information content (AvgIpc) is 3.29. The number of β-lactam (4-membered cyclic amide) rings is 1. The van der Waals surface area contributed by atoms with Crippen LogP contribution in [0.4, 0.5) is 0 Å². The summed E-state index contributed by atoms with van der Waals surface area (Å²) in [4.78, 5) is 49.2. The monoisotopic (exact) mass is 530 g/mol. The van der Waals surface area contributed by atoms with Gasteiger partial charge in [-0.25, -0.2) is 4.98 Å². The average molecular weight is 531 g/mol. The molecule has 0 spiro atoms. The number of aromatic nitrogens is 2. The molecule has 4 rings (SSSR count). The minimum atomic E-state index is -0.558. The first-order valence-electron chi connectivity index (χ1n) is 10.8. The first-order valence-corrected chi connectivity index (χ1v) is 13.2. The van der Waals surface area contributed by atoms with E-state index in [1.54, 1.807) is 6.92 Å². The summed E-state index contributed by atoms with van der Waals surface area (Å²) in [5.74, 6) is -0.182. The number of fused-ring (bicyclic) bond motifs is 1. The summed E-state index contributed by atoms with van der Waals surface area (Å²) in [6, 6.07) is 7.80. The van der Waals surface area contributed by atoms with Crippen LogP contribution in [0.2, 0.25) is 0 Å². The molecule has 35 heavy (non-hydrogen) atoms. The van der Waals surface area contributed by atoms with E-state index in [4.69, 9.17) is 16.4 Å². The van der Waals surface area contributed by atoms with Crippen molar-refractivity contribution in [2.75, 3.05) is 12.9 Å². The Bertz CT molecular complexity index is 1250. The fraction of sp³-hybridized carbons (Fsp3) is 0.333. The van der Waals surface area contributed by atoms with E-state index in [-0.39, 0.29) is 40.8 Å². The van der Waals surface area contributed by atoms with E-state index in [2.05, 4.69) is 14.5 Å². The Labute approximate surface area is 216 Å². The summed E-state index contributed by atoms with van der Waals surface area (Å²) in [5.41, 5.74) is 3.15. The highest BCUT2D eigenvalue weighted by Crippen LogP contribution is 2.45. The van der Waals surface area contributed by atoms with Gasteiger partial charge >= 0.3 is 0 Å². The number of hydrogen-bond acceptors (Lipinski definition) is 9. The first-order chi connectivity index (χ1) is 16.8. The molecule has 8 nitrogen and oxygen atoms in total. The lowest BCUT2D eigenvalue weighted by Crippen LogP contribution is -2.61. The summed E-state index contributed by atoms with van der Waals surface area (Å²) >= 11 is 8.54. The minimum Gasteiger partial charge on any atom is -0.398 e. The number of amides is 1. The van der Waals surface area contributed by atoms with Gasteiger partial charge in [-0.1, -0.05) is 41.6 Å². The van der Waals surface area contributed by atoms with Crippen LogP contribution in [0, 0.1) is 12.8 Å². The molecule has 0 saturated carbocycles. The molecule has 182 valence electrons. The Balaban J connectivity index is 1.52. The van der Waals surface area contributed by atoms with Crippen LogP contribution < -0.4 is 0 Å². The van der Waals surface area contributed by atoms with Crippen LogP contribution in [0.5, 0.6) is 0 Å². The molecule has 2 aromatic rings. The van der Waals surface area contributed by atoms with Gasteiger partial charge in [0.15, 0.2) is 23.1 Å². The van der Waals surface area contributed by atoms with Crippen molar-refractivity contribution in [3.63, 3.8) is 0 Å². The molecule has 0 radical (unpaired) electrons. The van der Waals surface area contributed by atoms with E-state index in [1.165, 1.54) is 30.7 Å². The quantitative estimate of drug-likeness (QED) is 0.209. The summed E-state index contributed by atoms with van der Waals surface area (Å²) in [5, 5.41) is 4.20. The van der Waals surface area contributed by atoms with Crippen LogP contribution >= 0.6 is 34.9 Å². The molecule has 2 atom stereocenters. The summed E-state index contributed by atoms with van der Waals surface area (Å²) in [6.07, 6.45) is 3.73. The van der Waals surface area contributed by atoms with Gasteiger partial charge in [-0.3, -0.25) is 19.3 Å². The number of rotatable bonds is 9. The maximum Gasteiger partial charge on any atom is 0.234 e.